The van der Waals surface area contributed by atoms with Gasteiger partial charge < -0.3 is 4.74 Å². The Hall–Kier alpha value is -2.54. The summed E-state index contributed by atoms with van der Waals surface area (Å²) in [6, 6.07) is 25.4. The van der Waals surface area contributed by atoms with E-state index in [0.29, 0.717) is 0 Å². The second-order valence-electron chi connectivity index (χ2n) is 5.18. The lowest BCUT2D eigenvalue weighted by atomic mass is 9.98. The van der Waals surface area contributed by atoms with Gasteiger partial charge in [0, 0.05) is 0 Å². The number of hydrogen-bond acceptors (Lipinski definition) is 1. The molecule has 0 heterocycles. The van der Waals surface area contributed by atoms with E-state index < -0.39 is 0 Å². The van der Waals surface area contributed by atoms with E-state index in [-0.39, 0.29) is 0 Å². The van der Waals surface area contributed by atoms with Crippen molar-refractivity contribution in [2.45, 2.75) is 6.92 Å². The van der Waals surface area contributed by atoms with E-state index in [2.05, 4.69) is 67.6 Å². The fourth-order valence-electron chi connectivity index (χ4n) is 2.49. The van der Waals surface area contributed by atoms with Gasteiger partial charge in [-0.15, -0.1) is 0 Å². The van der Waals surface area contributed by atoms with Gasteiger partial charge in [0.1, 0.15) is 5.75 Å². The number of benzene rings is 3. The van der Waals surface area contributed by atoms with Crippen LogP contribution in [0.2, 0.25) is 0 Å². The molecule has 0 N–H and O–H groups in total. The number of hydrogen-bond donors (Lipinski definition) is 0. The average molecular weight is 274 g/mol. The van der Waals surface area contributed by atoms with Gasteiger partial charge in [-0.25, -0.2) is 0 Å². The number of ether oxygens (including phenoxy) is 1. The molecule has 0 aromatic heterocycles. The summed E-state index contributed by atoms with van der Waals surface area (Å²) in [6.45, 7) is 2.12. The average Bonchev–Trinajstić information content (AvgIpc) is 2.55. The molecule has 0 saturated heterocycles. The summed E-state index contributed by atoms with van der Waals surface area (Å²) in [5.41, 5.74) is 6.20. The molecule has 0 spiro atoms. The summed E-state index contributed by atoms with van der Waals surface area (Å²) < 4.78 is 5.21. The lowest BCUT2D eigenvalue weighted by molar-refractivity contribution is 0.415. The van der Waals surface area contributed by atoms with Gasteiger partial charge in [-0.2, -0.15) is 0 Å². The Morgan fingerprint density at radius 3 is 1.81 bits per heavy atom. The Kier molecular flexibility index (Phi) is 3.74. The van der Waals surface area contributed by atoms with Crippen LogP contribution in [0.25, 0.3) is 22.3 Å². The van der Waals surface area contributed by atoms with E-state index >= 15 is 0 Å². The third kappa shape index (κ3) is 2.97. The minimum Gasteiger partial charge on any atom is -0.497 e. The van der Waals surface area contributed by atoms with Crippen molar-refractivity contribution in [3.8, 4) is 28.0 Å². The van der Waals surface area contributed by atoms with Gasteiger partial charge in [-0.1, -0.05) is 60.2 Å². The zero-order valence-corrected chi connectivity index (χ0v) is 12.3. The minimum absolute atomic E-state index is 0.883. The summed E-state index contributed by atoms with van der Waals surface area (Å²) in [5.74, 6) is 0.883. The smallest absolute Gasteiger partial charge is 0.118 e. The Morgan fingerprint density at radius 2 is 1.19 bits per heavy atom. The summed E-state index contributed by atoms with van der Waals surface area (Å²) in [5, 5.41) is 0. The maximum atomic E-state index is 5.21. The van der Waals surface area contributed by atoms with Crippen molar-refractivity contribution in [3.63, 3.8) is 0 Å². The van der Waals surface area contributed by atoms with Crippen LogP contribution in [0, 0.1) is 6.92 Å². The predicted molar refractivity (Wildman–Crippen MR) is 88.6 cm³/mol. The lowest BCUT2D eigenvalue weighted by Crippen LogP contribution is -1.84. The highest BCUT2D eigenvalue weighted by molar-refractivity contribution is 5.73. The topological polar surface area (TPSA) is 9.23 Å². The van der Waals surface area contributed by atoms with Crippen LogP contribution < -0.4 is 4.74 Å². The molecule has 0 amide bonds. The fourth-order valence-corrected chi connectivity index (χ4v) is 2.49. The molecule has 0 saturated carbocycles. The molecule has 0 bridgehead atoms. The molecule has 0 fully saturated rings. The van der Waals surface area contributed by atoms with Crippen LogP contribution in [0.3, 0.4) is 0 Å². The van der Waals surface area contributed by atoms with Crippen molar-refractivity contribution < 1.29 is 4.74 Å². The van der Waals surface area contributed by atoms with E-state index in [1.54, 1.807) is 7.11 Å². The molecule has 0 aliphatic heterocycles. The molecule has 0 atom stereocenters. The molecule has 0 aliphatic rings. The predicted octanol–water partition coefficient (Wildman–Crippen LogP) is 5.34. The summed E-state index contributed by atoms with van der Waals surface area (Å²) in [4.78, 5) is 0. The molecule has 104 valence electrons. The van der Waals surface area contributed by atoms with Gasteiger partial charge in [-0.3, -0.25) is 0 Å². The van der Waals surface area contributed by atoms with E-state index in [1.807, 2.05) is 12.1 Å². The van der Waals surface area contributed by atoms with Gasteiger partial charge in [-0.05, 0) is 47.4 Å². The van der Waals surface area contributed by atoms with E-state index in [9.17, 15) is 0 Å². The van der Waals surface area contributed by atoms with Crippen LogP contribution in [-0.2, 0) is 0 Å². The van der Waals surface area contributed by atoms with Crippen LogP contribution in [0.15, 0.2) is 72.8 Å². The van der Waals surface area contributed by atoms with Crippen LogP contribution in [0.5, 0.6) is 5.75 Å². The van der Waals surface area contributed by atoms with Crippen LogP contribution in [0.4, 0.5) is 0 Å². The summed E-state index contributed by atoms with van der Waals surface area (Å²) in [6.07, 6.45) is 0. The highest BCUT2D eigenvalue weighted by atomic mass is 16.5. The van der Waals surface area contributed by atoms with Crippen molar-refractivity contribution in [2.75, 3.05) is 7.11 Å². The van der Waals surface area contributed by atoms with Gasteiger partial charge >= 0.3 is 0 Å². The van der Waals surface area contributed by atoms with Crippen LogP contribution >= 0.6 is 0 Å². The van der Waals surface area contributed by atoms with Crippen molar-refractivity contribution in [2.24, 2.45) is 0 Å². The van der Waals surface area contributed by atoms with Gasteiger partial charge in [0.2, 0.25) is 0 Å². The first-order valence-electron chi connectivity index (χ1n) is 7.08. The molecule has 1 heteroatoms. The maximum absolute atomic E-state index is 5.21. The molecule has 0 aliphatic carbocycles. The molecule has 3 rings (SSSR count). The molecule has 21 heavy (non-hydrogen) atoms. The first kappa shape index (κ1) is 13.4. The Morgan fingerprint density at radius 1 is 0.619 bits per heavy atom. The third-order valence-electron chi connectivity index (χ3n) is 3.64. The SMILES string of the molecule is COc1ccc(-c2cccc(-c3cccc(C)c3)c2)cc1. The monoisotopic (exact) mass is 274 g/mol. The highest BCUT2D eigenvalue weighted by Crippen LogP contribution is 2.27. The van der Waals surface area contributed by atoms with E-state index in [0.717, 1.165) is 5.75 Å². The van der Waals surface area contributed by atoms with E-state index in [4.69, 9.17) is 4.74 Å². The first-order valence-corrected chi connectivity index (χ1v) is 7.08. The fraction of sp³-hybridized carbons (Fsp3) is 0.100. The Balaban J connectivity index is 1.99. The van der Waals surface area contributed by atoms with Gasteiger partial charge in [0.05, 0.1) is 7.11 Å². The maximum Gasteiger partial charge on any atom is 0.118 e. The number of aryl methyl sites for hydroxylation is 1. The van der Waals surface area contributed by atoms with Crippen molar-refractivity contribution in [3.05, 3.63) is 78.4 Å². The molecule has 1 nitrogen and oxygen atoms in total. The minimum atomic E-state index is 0.883. The normalized spacial score (nSPS) is 10.4. The number of rotatable bonds is 3. The second-order valence-corrected chi connectivity index (χ2v) is 5.18. The molecular formula is C20H18O. The molecule has 3 aromatic carbocycles. The van der Waals surface area contributed by atoms with Crippen LogP contribution in [-0.4, -0.2) is 7.11 Å². The van der Waals surface area contributed by atoms with E-state index in [1.165, 1.54) is 27.8 Å². The third-order valence-corrected chi connectivity index (χ3v) is 3.64. The van der Waals surface area contributed by atoms with Crippen molar-refractivity contribution in [1.29, 1.82) is 0 Å². The molecular weight excluding hydrogens is 256 g/mol. The lowest BCUT2D eigenvalue weighted by Gasteiger charge is -2.07. The van der Waals surface area contributed by atoms with Crippen molar-refractivity contribution in [1.82, 2.24) is 0 Å². The quantitative estimate of drug-likeness (QED) is 0.626. The second kappa shape index (κ2) is 5.84. The zero-order valence-electron chi connectivity index (χ0n) is 12.3. The molecule has 0 unspecified atom stereocenters. The standard InChI is InChI=1S/C20H18O/c1-15-5-3-6-17(13-15)19-8-4-7-18(14-19)16-9-11-20(21-2)12-10-16/h3-14H,1-2H3. The Labute approximate surface area is 125 Å². The van der Waals surface area contributed by atoms with Gasteiger partial charge in [0.15, 0.2) is 0 Å². The Bertz CT molecular complexity index is 742. The first-order chi connectivity index (χ1) is 10.3. The summed E-state index contributed by atoms with van der Waals surface area (Å²) in [7, 11) is 1.69. The number of methoxy groups -OCH3 is 1. The largest absolute Gasteiger partial charge is 0.497 e. The van der Waals surface area contributed by atoms with Gasteiger partial charge in [0.25, 0.3) is 0 Å². The summed E-state index contributed by atoms with van der Waals surface area (Å²) >= 11 is 0. The molecule has 0 radical (unpaired) electrons. The zero-order chi connectivity index (χ0) is 14.7. The van der Waals surface area contributed by atoms with Crippen molar-refractivity contribution >= 4 is 0 Å². The highest BCUT2D eigenvalue weighted by Gasteiger charge is 2.02. The molecule has 3 aromatic rings. The van der Waals surface area contributed by atoms with Crippen LogP contribution in [0.1, 0.15) is 5.56 Å².